The smallest absolute Gasteiger partial charge is 0.326 e. The molecule has 0 radical (unpaired) electrons. The number of rotatable bonds is 8. The summed E-state index contributed by atoms with van der Waals surface area (Å²) in [5.41, 5.74) is 0. The lowest BCUT2D eigenvalue weighted by Gasteiger charge is -2.20. The molecule has 0 aliphatic heterocycles. The van der Waals surface area contributed by atoms with Crippen molar-refractivity contribution in [3.63, 3.8) is 0 Å². The third kappa shape index (κ3) is 5.77. The summed E-state index contributed by atoms with van der Waals surface area (Å²) in [5.74, 6) is -1.11. The Kier molecular flexibility index (Phi) is 7.36. The second kappa shape index (κ2) is 8.79. The zero-order chi connectivity index (χ0) is 15.0. The van der Waals surface area contributed by atoms with Crippen LogP contribution in [0.2, 0.25) is 0 Å². The van der Waals surface area contributed by atoms with Crippen molar-refractivity contribution < 1.29 is 19.4 Å². The van der Waals surface area contributed by atoms with Gasteiger partial charge in [-0.1, -0.05) is 33.1 Å². The van der Waals surface area contributed by atoms with E-state index in [9.17, 15) is 9.59 Å². The van der Waals surface area contributed by atoms with Crippen LogP contribution in [-0.2, 0) is 9.53 Å². The van der Waals surface area contributed by atoms with Crippen molar-refractivity contribution in [2.45, 2.75) is 58.1 Å². The van der Waals surface area contributed by atoms with Crippen LogP contribution < -0.4 is 10.6 Å². The Bertz CT molecular complexity index is 316. The molecular formula is C14H26N2O4. The molecule has 0 heterocycles. The predicted molar refractivity (Wildman–Crippen MR) is 75.6 cm³/mol. The first-order valence-electron chi connectivity index (χ1n) is 7.43. The minimum atomic E-state index is -1.00. The van der Waals surface area contributed by atoms with E-state index >= 15 is 0 Å². The van der Waals surface area contributed by atoms with Crippen LogP contribution in [0.5, 0.6) is 0 Å². The molecule has 1 aliphatic rings. The van der Waals surface area contributed by atoms with Crippen LogP contribution in [0.25, 0.3) is 0 Å². The van der Waals surface area contributed by atoms with E-state index in [-0.39, 0.29) is 5.92 Å². The lowest BCUT2D eigenvalue weighted by Crippen LogP contribution is -2.49. The highest BCUT2D eigenvalue weighted by Crippen LogP contribution is 2.20. The molecule has 1 unspecified atom stereocenters. The van der Waals surface area contributed by atoms with Crippen molar-refractivity contribution in [2.75, 3.05) is 13.2 Å². The maximum atomic E-state index is 11.6. The van der Waals surface area contributed by atoms with Gasteiger partial charge in [-0.25, -0.2) is 9.59 Å². The van der Waals surface area contributed by atoms with Gasteiger partial charge in [0, 0.05) is 6.54 Å². The quantitative estimate of drug-likeness (QED) is 0.593. The summed E-state index contributed by atoms with van der Waals surface area (Å²) in [4.78, 5) is 22.7. The van der Waals surface area contributed by atoms with E-state index < -0.39 is 18.0 Å². The predicted octanol–water partition coefficient (Wildman–Crippen LogP) is 1.74. The number of carbonyl (C=O) groups is 2. The molecule has 0 aromatic heterocycles. The van der Waals surface area contributed by atoms with Crippen LogP contribution in [0.4, 0.5) is 4.79 Å². The standard InChI is InChI=1S/C14H26N2O4/c1-3-10(2)12(13(17)18)16-14(19)15-8-9-20-11-6-4-5-7-11/h10-12H,3-9H2,1-2H3,(H,17,18)(H2,15,16,19)/t10?,12-/m0/s1. The Labute approximate surface area is 120 Å². The van der Waals surface area contributed by atoms with E-state index in [0.29, 0.717) is 25.7 Å². The van der Waals surface area contributed by atoms with Gasteiger partial charge in [-0.05, 0) is 18.8 Å². The molecule has 6 heteroatoms. The van der Waals surface area contributed by atoms with Crippen molar-refractivity contribution in [3.8, 4) is 0 Å². The largest absolute Gasteiger partial charge is 0.480 e. The molecule has 1 aliphatic carbocycles. The third-order valence-electron chi connectivity index (χ3n) is 3.81. The van der Waals surface area contributed by atoms with Gasteiger partial charge < -0.3 is 20.5 Å². The second-order valence-corrected chi connectivity index (χ2v) is 5.38. The second-order valence-electron chi connectivity index (χ2n) is 5.38. The van der Waals surface area contributed by atoms with E-state index in [1.165, 1.54) is 12.8 Å². The number of amides is 2. The highest BCUT2D eigenvalue weighted by molar-refractivity contribution is 5.82. The van der Waals surface area contributed by atoms with Gasteiger partial charge in [-0.3, -0.25) is 0 Å². The van der Waals surface area contributed by atoms with Crippen LogP contribution in [0, 0.1) is 5.92 Å². The normalized spacial score (nSPS) is 18.5. The number of carbonyl (C=O) groups excluding carboxylic acids is 1. The van der Waals surface area contributed by atoms with Crippen LogP contribution in [0.1, 0.15) is 46.0 Å². The number of nitrogens with one attached hydrogen (secondary N) is 2. The first-order valence-corrected chi connectivity index (χ1v) is 7.43. The van der Waals surface area contributed by atoms with Crippen molar-refractivity contribution in [1.82, 2.24) is 10.6 Å². The molecule has 20 heavy (non-hydrogen) atoms. The minimum absolute atomic E-state index is 0.104. The van der Waals surface area contributed by atoms with E-state index in [4.69, 9.17) is 9.84 Å². The highest BCUT2D eigenvalue weighted by Gasteiger charge is 2.25. The lowest BCUT2D eigenvalue weighted by atomic mass is 9.99. The van der Waals surface area contributed by atoms with Gasteiger partial charge >= 0.3 is 12.0 Å². The highest BCUT2D eigenvalue weighted by atomic mass is 16.5. The van der Waals surface area contributed by atoms with Crippen molar-refractivity contribution in [3.05, 3.63) is 0 Å². The first kappa shape index (κ1) is 16.8. The van der Waals surface area contributed by atoms with Crippen LogP contribution >= 0.6 is 0 Å². The Balaban J connectivity index is 2.18. The van der Waals surface area contributed by atoms with Gasteiger partial charge in [-0.2, -0.15) is 0 Å². The van der Waals surface area contributed by atoms with Crippen molar-refractivity contribution >= 4 is 12.0 Å². The number of carboxylic acids is 1. The fourth-order valence-electron chi connectivity index (χ4n) is 2.32. The van der Waals surface area contributed by atoms with E-state index in [1.807, 2.05) is 13.8 Å². The van der Waals surface area contributed by atoms with E-state index in [2.05, 4.69) is 10.6 Å². The number of urea groups is 1. The van der Waals surface area contributed by atoms with Gasteiger partial charge in [0.05, 0.1) is 12.7 Å². The van der Waals surface area contributed by atoms with Gasteiger partial charge in [-0.15, -0.1) is 0 Å². The monoisotopic (exact) mass is 286 g/mol. The Morgan fingerprint density at radius 3 is 2.55 bits per heavy atom. The van der Waals surface area contributed by atoms with Crippen LogP contribution in [0.3, 0.4) is 0 Å². The number of aliphatic carboxylic acids is 1. The fourth-order valence-corrected chi connectivity index (χ4v) is 2.32. The number of carboxylic acid groups (broad SMARTS) is 1. The summed E-state index contributed by atoms with van der Waals surface area (Å²) in [6, 6.07) is -1.30. The van der Waals surface area contributed by atoms with E-state index in [0.717, 1.165) is 12.8 Å². The number of ether oxygens (including phenoxy) is 1. The summed E-state index contributed by atoms with van der Waals surface area (Å²) in [6.07, 6.45) is 5.65. The average molecular weight is 286 g/mol. The zero-order valence-corrected chi connectivity index (χ0v) is 12.4. The van der Waals surface area contributed by atoms with Gasteiger partial charge in [0.1, 0.15) is 6.04 Å². The Hall–Kier alpha value is -1.30. The summed E-state index contributed by atoms with van der Waals surface area (Å²) < 4.78 is 5.62. The molecule has 2 atom stereocenters. The van der Waals surface area contributed by atoms with Crippen LogP contribution in [0.15, 0.2) is 0 Å². The summed E-state index contributed by atoms with van der Waals surface area (Å²) in [7, 11) is 0. The topological polar surface area (TPSA) is 87.7 Å². The summed E-state index contributed by atoms with van der Waals surface area (Å²) in [6.45, 7) is 4.58. The Morgan fingerprint density at radius 2 is 2.00 bits per heavy atom. The van der Waals surface area contributed by atoms with Crippen molar-refractivity contribution in [1.29, 1.82) is 0 Å². The first-order chi connectivity index (χ1) is 9.54. The van der Waals surface area contributed by atoms with Gasteiger partial charge in [0.15, 0.2) is 0 Å². The molecule has 1 fully saturated rings. The van der Waals surface area contributed by atoms with Crippen LogP contribution in [-0.4, -0.2) is 42.4 Å². The SMILES string of the molecule is CCC(C)[C@H](NC(=O)NCCOC1CCCC1)C(=O)O. The molecule has 0 bridgehead atoms. The van der Waals surface area contributed by atoms with Crippen molar-refractivity contribution in [2.24, 2.45) is 5.92 Å². The molecule has 6 nitrogen and oxygen atoms in total. The summed E-state index contributed by atoms with van der Waals surface area (Å²) in [5, 5.41) is 14.2. The molecular weight excluding hydrogens is 260 g/mol. The van der Waals surface area contributed by atoms with Gasteiger partial charge in [0.25, 0.3) is 0 Å². The van der Waals surface area contributed by atoms with Gasteiger partial charge in [0.2, 0.25) is 0 Å². The molecule has 1 saturated carbocycles. The lowest BCUT2D eigenvalue weighted by molar-refractivity contribution is -0.140. The third-order valence-corrected chi connectivity index (χ3v) is 3.81. The molecule has 0 aromatic carbocycles. The fraction of sp³-hybridized carbons (Fsp3) is 0.857. The summed E-state index contributed by atoms with van der Waals surface area (Å²) >= 11 is 0. The molecule has 1 rings (SSSR count). The zero-order valence-electron chi connectivity index (χ0n) is 12.4. The molecule has 3 N–H and O–H groups in total. The molecule has 0 saturated heterocycles. The molecule has 0 spiro atoms. The molecule has 2 amide bonds. The van der Waals surface area contributed by atoms with E-state index in [1.54, 1.807) is 0 Å². The minimum Gasteiger partial charge on any atom is -0.480 e. The maximum Gasteiger partial charge on any atom is 0.326 e. The number of hydrogen-bond donors (Lipinski definition) is 3. The molecule has 116 valence electrons. The average Bonchev–Trinajstić information content (AvgIpc) is 2.93. The number of hydrogen-bond acceptors (Lipinski definition) is 3. The Morgan fingerprint density at radius 1 is 1.35 bits per heavy atom. The molecule has 0 aromatic rings. The maximum absolute atomic E-state index is 11.6.